The minimum atomic E-state index is -0.743. The second kappa shape index (κ2) is 5.64. The van der Waals surface area contributed by atoms with Crippen molar-refractivity contribution in [1.29, 1.82) is 0 Å². The zero-order valence-electron chi connectivity index (χ0n) is 7.77. The summed E-state index contributed by atoms with van der Waals surface area (Å²) >= 11 is 1.47. The molecule has 0 spiro atoms. The lowest BCUT2D eigenvalue weighted by molar-refractivity contribution is -0.137. The number of thioether (sulfide) groups is 1. The quantitative estimate of drug-likeness (QED) is 0.671. The third-order valence-electron chi connectivity index (χ3n) is 1.78. The average molecular weight is 215 g/mol. The number of nitrogens with zero attached hydrogens (tertiary/aromatic N) is 2. The fourth-order valence-electron chi connectivity index (χ4n) is 1.06. The van der Waals surface area contributed by atoms with Gasteiger partial charge in [-0.1, -0.05) is 11.8 Å². The van der Waals surface area contributed by atoms with Crippen molar-refractivity contribution in [3.63, 3.8) is 0 Å². The molecule has 14 heavy (non-hydrogen) atoms. The molecule has 0 bridgehead atoms. The van der Waals surface area contributed by atoms with Gasteiger partial charge in [0, 0.05) is 12.2 Å². The molecule has 0 radical (unpaired) electrons. The summed E-state index contributed by atoms with van der Waals surface area (Å²) < 4.78 is 0. The summed E-state index contributed by atoms with van der Waals surface area (Å²) in [5.74, 6) is 0.0369. The van der Waals surface area contributed by atoms with E-state index >= 15 is 0 Å². The van der Waals surface area contributed by atoms with E-state index in [1.54, 1.807) is 0 Å². The van der Waals surface area contributed by atoms with Gasteiger partial charge >= 0.3 is 5.97 Å². The maximum atomic E-state index is 10.2. The number of unbranched alkanes of at least 4 members (excludes halogenated alkanes) is 1. The zero-order chi connectivity index (χ0) is 10.4. The van der Waals surface area contributed by atoms with Crippen LogP contribution in [0, 0.1) is 0 Å². The van der Waals surface area contributed by atoms with Crippen LogP contribution in [-0.2, 0) is 4.79 Å². The van der Waals surface area contributed by atoms with Crippen molar-refractivity contribution >= 4 is 28.6 Å². The monoisotopic (exact) mass is 215 g/mol. The van der Waals surface area contributed by atoms with Crippen LogP contribution in [0.15, 0.2) is 10.2 Å². The molecule has 0 aromatic rings. The molecule has 5 nitrogen and oxygen atoms in total. The number of carbonyl (C=O) groups is 1. The van der Waals surface area contributed by atoms with Crippen molar-refractivity contribution in [3.8, 4) is 0 Å². The number of hydrogen-bond donors (Lipinski definition) is 2. The number of aliphatic carboxylic acids is 1. The zero-order valence-corrected chi connectivity index (χ0v) is 8.59. The van der Waals surface area contributed by atoms with Crippen molar-refractivity contribution in [2.75, 3.05) is 5.75 Å². The van der Waals surface area contributed by atoms with Gasteiger partial charge in [0.2, 0.25) is 0 Å². The molecule has 0 unspecified atom stereocenters. The Balaban J connectivity index is 2.16. The van der Waals surface area contributed by atoms with Gasteiger partial charge in [-0.25, -0.2) is 0 Å². The fourth-order valence-corrected chi connectivity index (χ4v) is 1.68. The van der Waals surface area contributed by atoms with Crippen molar-refractivity contribution in [2.24, 2.45) is 15.9 Å². The van der Waals surface area contributed by atoms with Gasteiger partial charge in [0.15, 0.2) is 5.17 Å². The Bertz CT molecular complexity index is 276. The maximum Gasteiger partial charge on any atom is 0.303 e. The first-order valence-corrected chi connectivity index (χ1v) is 5.40. The molecule has 1 aliphatic rings. The van der Waals surface area contributed by atoms with Gasteiger partial charge in [-0.2, -0.15) is 5.10 Å². The standard InChI is InChI=1S/C8H13N3O2S/c9-8-11-10-6(5-14-8)3-1-2-4-7(12)13/h1-5H2,(H2,9,11)(H,12,13). The molecule has 1 rings (SSSR count). The van der Waals surface area contributed by atoms with E-state index < -0.39 is 5.97 Å². The van der Waals surface area contributed by atoms with E-state index in [1.165, 1.54) is 11.8 Å². The molecule has 0 fully saturated rings. The minimum Gasteiger partial charge on any atom is -0.481 e. The lowest BCUT2D eigenvalue weighted by atomic mass is 10.1. The van der Waals surface area contributed by atoms with Crippen LogP contribution >= 0.6 is 11.8 Å². The molecule has 0 amide bonds. The SMILES string of the molecule is NC1=NN=C(CCCCC(=O)O)CS1. The second-order valence-corrected chi connectivity index (χ2v) is 3.99. The summed E-state index contributed by atoms with van der Waals surface area (Å²) in [6, 6.07) is 0. The summed E-state index contributed by atoms with van der Waals surface area (Å²) in [4.78, 5) is 10.2. The first-order chi connectivity index (χ1) is 6.68. The van der Waals surface area contributed by atoms with E-state index in [0.717, 1.165) is 24.3 Å². The number of nitrogens with two attached hydrogens (primary N) is 1. The van der Waals surface area contributed by atoms with Gasteiger partial charge < -0.3 is 10.8 Å². The summed E-state index contributed by atoms with van der Waals surface area (Å²) in [6.07, 6.45) is 2.59. The van der Waals surface area contributed by atoms with E-state index in [9.17, 15) is 4.79 Å². The molecule has 6 heteroatoms. The largest absolute Gasteiger partial charge is 0.481 e. The predicted molar refractivity (Wildman–Crippen MR) is 57.6 cm³/mol. The molecule has 0 saturated carbocycles. The molecule has 1 heterocycles. The third kappa shape index (κ3) is 4.27. The Morgan fingerprint density at radius 2 is 2.29 bits per heavy atom. The van der Waals surface area contributed by atoms with E-state index in [-0.39, 0.29) is 6.42 Å². The van der Waals surface area contributed by atoms with Crippen molar-refractivity contribution in [3.05, 3.63) is 0 Å². The van der Waals surface area contributed by atoms with Crippen LogP contribution in [-0.4, -0.2) is 27.7 Å². The van der Waals surface area contributed by atoms with E-state index in [0.29, 0.717) is 11.6 Å². The highest BCUT2D eigenvalue weighted by atomic mass is 32.2. The Labute approximate surface area is 86.5 Å². The molecular weight excluding hydrogens is 202 g/mol. The highest BCUT2D eigenvalue weighted by Crippen LogP contribution is 2.11. The number of rotatable bonds is 5. The van der Waals surface area contributed by atoms with E-state index in [1.807, 2.05) is 0 Å². The predicted octanol–water partition coefficient (Wildman–Crippen LogP) is 1.05. The van der Waals surface area contributed by atoms with Crippen LogP contribution < -0.4 is 5.73 Å². The van der Waals surface area contributed by atoms with Gasteiger partial charge in [-0.05, 0) is 19.3 Å². The smallest absolute Gasteiger partial charge is 0.303 e. The van der Waals surface area contributed by atoms with Crippen LogP contribution in [0.3, 0.4) is 0 Å². The number of carboxylic acid groups (broad SMARTS) is 1. The summed E-state index contributed by atoms with van der Waals surface area (Å²) in [5.41, 5.74) is 6.41. The van der Waals surface area contributed by atoms with Crippen LogP contribution in [0.1, 0.15) is 25.7 Å². The lowest BCUT2D eigenvalue weighted by Gasteiger charge is -2.07. The fraction of sp³-hybridized carbons (Fsp3) is 0.625. The topological polar surface area (TPSA) is 88.0 Å². The van der Waals surface area contributed by atoms with Gasteiger partial charge in [-0.3, -0.25) is 4.79 Å². The molecule has 0 aromatic heterocycles. The van der Waals surface area contributed by atoms with Gasteiger partial charge in [0.1, 0.15) is 0 Å². The average Bonchev–Trinajstić information content (AvgIpc) is 2.15. The van der Waals surface area contributed by atoms with Crippen LogP contribution in [0.4, 0.5) is 0 Å². The van der Waals surface area contributed by atoms with Crippen molar-refractivity contribution in [1.82, 2.24) is 0 Å². The first kappa shape index (κ1) is 11.0. The molecule has 3 N–H and O–H groups in total. The minimum absolute atomic E-state index is 0.228. The molecule has 0 aliphatic carbocycles. The molecule has 0 saturated heterocycles. The first-order valence-electron chi connectivity index (χ1n) is 4.42. The van der Waals surface area contributed by atoms with Gasteiger partial charge in [-0.15, -0.1) is 5.10 Å². The van der Waals surface area contributed by atoms with Gasteiger partial charge in [0.05, 0.1) is 5.71 Å². The number of carboxylic acids is 1. The van der Waals surface area contributed by atoms with Crippen molar-refractivity contribution in [2.45, 2.75) is 25.7 Å². The molecular formula is C8H13N3O2S. The molecule has 0 aromatic carbocycles. The van der Waals surface area contributed by atoms with Crippen LogP contribution in [0.2, 0.25) is 0 Å². The summed E-state index contributed by atoms with van der Waals surface area (Å²) in [7, 11) is 0. The Kier molecular flexibility index (Phi) is 4.45. The Morgan fingerprint density at radius 1 is 1.50 bits per heavy atom. The van der Waals surface area contributed by atoms with E-state index in [4.69, 9.17) is 10.8 Å². The number of hydrogen-bond acceptors (Lipinski definition) is 5. The second-order valence-electron chi connectivity index (χ2n) is 2.99. The van der Waals surface area contributed by atoms with Crippen LogP contribution in [0.5, 0.6) is 0 Å². The highest BCUT2D eigenvalue weighted by molar-refractivity contribution is 8.14. The summed E-state index contributed by atoms with van der Waals surface area (Å²) in [6.45, 7) is 0. The third-order valence-corrected chi connectivity index (χ3v) is 2.64. The number of amidine groups is 1. The summed E-state index contributed by atoms with van der Waals surface area (Å²) in [5, 5.41) is 16.6. The van der Waals surface area contributed by atoms with Gasteiger partial charge in [0.25, 0.3) is 0 Å². The Morgan fingerprint density at radius 3 is 2.86 bits per heavy atom. The van der Waals surface area contributed by atoms with Crippen LogP contribution in [0.25, 0.3) is 0 Å². The Hall–Kier alpha value is -1.04. The molecule has 1 aliphatic heterocycles. The maximum absolute atomic E-state index is 10.2. The van der Waals surface area contributed by atoms with Crippen molar-refractivity contribution < 1.29 is 9.90 Å². The van der Waals surface area contributed by atoms with E-state index in [2.05, 4.69) is 10.2 Å². The molecule has 0 atom stereocenters. The normalized spacial score (nSPS) is 16.0. The lowest BCUT2D eigenvalue weighted by Crippen LogP contribution is -2.15. The highest BCUT2D eigenvalue weighted by Gasteiger charge is 2.07. The molecule has 78 valence electrons.